The summed E-state index contributed by atoms with van der Waals surface area (Å²) in [6.07, 6.45) is 2.79. The van der Waals surface area contributed by atoms with Crippen molar-refractivity contribution in [2.75, 3.05) is 17.2 Å². The fraction of sp³-hybridized carbons (Fsp3) is 0.200. The molecule has 2 aromatic carbocycles. The van der Waals surface area contributed by atoms with Crippen molar-refractivity contribution in [1.29, 1.82) is 0 Å². The van der Waals surface area contributed by atoms with Crippen LogP contribution >= 0.6 is 23.8 Å². The summed E-state index contributed by atoms with van der Waals surface area (Å²) in [4.78, 5) is 16.9. The van der Waals surface area contributed by atoms with E-state index in [1.54, 1.807) is 0 Å². The molecule has 0 fully saturated rings. The number of H-pyrrole nitrogens is 1. The van der Waals surface area contributed by atoms with E-state index in [1.165, 1.54) is 10.9 Å². The molecule has 0 saturated carbocycles. The van der Waals surface area contributed by atoms with Crippen molar-refractivity contribution in [2.24, 2.45) is 4.99 Å². The maximum atomic E-state index is 6.34. The molecule has 0 aliphatic heterocycles. The number of benzene rings is 2. The zero-order valence-corrected chi connectivity index (χ0v) is 20.8. The van der Waals surface area contributed by atoms with E-state index >= 15 is 0 Å². The third kappa shape index (κ3) is 6.09. The molecule has 4 rings (SSSR count). The normalized spacial score (nSPS) is 11.5. The standard InChI is InChI=1S/C25H26ClN7S/c1-15-8-9-22(20(26)12-15)31-25(34)33-23(32-24-29-16(2)13-17(3)30-24)27-11-10-18-14-28-21-7-5-4-6-19(18)21/h4-9,12-14,28H,10-11H2,1-3H3,(H3,27,29,30,31,32,33,34). The summed E-state index contributed by atoms with van der Waals surface area (Å²) in [7, 11) is 0. The fourth-order valence-electron chi connectivity index (χ4n) is 3.61. The summed E-state index contributed by atoms with van der Waals surface area (Å²) < 4.78 is 0. The number of hydrogen-bond acceptors (Lipinski definition) is 4. The molecule has 4 aromatic rings. The molecular formula is C25H26ClN7S. The number of halogens is 1. The molecule has 9 heteroatoms. The average molecular weight is 492 g/mol. The molecular weight excluding hydrogens is 466 g/mol. The molecule has 174 valence electrons. The molecule has 0 bridgehead atoms. The SMILES string of the molecule is Cc1ccc(NC(=S)NC(=NCCc2c[nH]c3ccccc23)Nc2nc(C)cc(C)n2)c(Cl)c1. The molecule has 0 saturated heterocycles. The van der Waals surface area contributed by atoms with Gasteiger partial charge in [-0.3, -0.25) is 10.3 Å². The minimum atomic E-state index is 0.355. The number of aromatic amines is 1. The van der Waals surface area contributed by atoms with Gasteiger partial charge in [-0.25, -0.2) is 9.97 Å². The molecule has 0 amide bonds. The quantitative estimate of drug-likeness (QED) is 0.167. The molecule has 0 radical (unpaired) electrons. The van der Waals surface area contributed by atoms with Crippen LogP contribution < -0.4 is 16.0 Å². The Hall–Kier alpha value is -3.49. The number of rotatable bonds is 5. The molecule has 0 spiro atoms. The first kappa shape index (κ1) is 23.7. The monoisotopic (exact) mass is 491 g/mol. The highest BCUT2D eigenvalue weighted by molar-refractivity contribution is 7.80. The number of para-hydroxylation sites is 1. The lowest BCUT2D eigenvalue weighted by Crippen LogP contribution is -2.39. The number of nitrogens with zero attached hydrogens (tertiary/aromatic N) is 3. The van der Waals surface area contributed by atoms with Gasteiger partial charge in [-0.1, -0.05) is 35.9 Å². The van der Waals surface area contributed by atoms with Crippen molar-refractivity contribution in [2.45, 2.75) is 27.2 Å². The molecule has 0 atom stereocenters. The summed E-state index contributed by atoms with van der Waals surface area (Å²) in [5.74, 6) is 0.901. The van der Waals surface area contributed by atoms with Crippen LogP contribution in [-0.2, 0) is 6.42 Å². The van der Waals surface area contributed by atoms with Gasteiger partial charge in [0.2, 0.25) is 11.9 Å². The van der Waals surface area contributed by atoms with Gasteiger partial charge in [0.1, 0.15) is 0 Å². The first-order valence-corrected chi connectivity index (χ1v) is 11.7. The number of nitrogens with one attached hydrogen (secondary N) is 4. The van der Waals surface area contributed by atoms with Crippen LogP contribution in [0.2, 0.25) is 5.02 Å². The maximum Gasteiger partial charge on any atom is 0.229 e. The molecule has 0 aliphatic carbocycles. The largest absolute Gasteiger partial charge is 0.361 e. The molecule has 34 heavy (non-hydrogen) atoms. The van der Waals surface area contributed by atoms with E-state index in [0.717, 1.165) is 28.9 Å². The van der Waals surface area contributed by atoms with Gasteiger partial charge in [-0.2, -0.15) is 0 Å². The van der Waals surface area contributed by atoms with Gasteiger partial charge in [-0.05, 0) is 74.8 Å². The summed E-state index contributed by atoms with van der Waals surface area (Å²) >= 11 is 11.9. The lowest BCUT2D eigenvalue weighted by atomic mass is 10.1. The molecule has 7 nitrogen and oxygen atoms in total. The van der Waals surface area contributed by atoms with Crippen LogP contribution in [0.4, 0.5) is 11.6 Å². The highest BCUT2D eigenvalue weighted by Crippen LogP contribution is 2.22. The van der Waals surface area contributed by atoms with Gasteiger partial charge in [0.15, 0.2) is 5.11 Å². The summed E-state index contributed by atoms with van der Waals surface area (Å²) in [5, 5.41) is 11.6. The van der Waals surface area contributed by atoms with Gasteiger partial charge in [0, 0.05) is 35.0 Å². The van der Waals surface area contributed by atoms with Crippen molar-refractivity contribution in [3.05, 3.63) is 82.3 Å². The third-order valence-corrected chi connectivity index (χ3v) is 5.66. The number of fused-ring (bicyclic) bond motifs is 1. The highest BCUT2D eigenvalue weighted by Gasteiger charge is 2.09. The zero-order chi connectivity index (χ0) is 24.1. The highest BCUT2D eigenvalue weighted by atomic mass is 35.5. The second-order valence-electron chi connectivity index (χ2n) is 8.00. The van der Waals surface area contributed by atoms with Crippen LogP contribution in [0.1, 0.15) is 22.5 Å². The van der Waals surface area contributed by atoms with E-state index in [0.29, 0.717) is 34.3 Å². The van der Waals surface area contributed by atoms with Crippen LogP contribution in [0.5, 0.6) is 0 Å². The van der Waals surface area contributed by atoms with E-state index in [1.807, 2.05) is 63.4 Å². The van der Waals surface area contributed by atoms with Crippen LogP contribution in [-0.4, -0.2) is 32.6 Å². The number of hydrogen-bond donors (Lipinski definition) is 4. The van der Waals surface area contributed by atoms with Crippen molar-refractivity contribution in [1.82, 2.24) is 20.3 Å². The predicted molar refractivity (Wildman–Crippen MR) is 145 cm³/mol. The number of thiocarbonyl (C=S) groups is 1. The number of aliphatic imine (C=N–C) groups is 1. The summed E-state index contributed by atoms with van der Waals surface area (Å²) in [5.41, 5.74) is 5.82. The van der Waals surface area contributed by atoms with Gasteiger partial charge in [0.05, 0.1) is 10.7 Å². The Morgan fingerprint density at radius 3 is 2.56 bits per heavy atom. The maximum absolute atomic E-state index is 6.34. The Labute approximate surface area is 209 Å². The first-order valence-electron chi connectivity index (χ1n) is 10.9. The van der Waals surface area contributed by atoms with Crippen LogP contribution in [0.3, 0.4) is 0 Å². The number of anilines is 2. The predicted octanol–water partition coefficient (Wildman–Crippen LogP) is 5.53. The Kier molecular flexibility index (Phi) is 7.40. The Morgan fingerprint density at radius 2 is 1.79 bits per heavy atom. The Balaban J connectivity index is 1.51. The molecule has 0 aliphatic rings. The van der Waals surface area contributed by atoms with E-state index in [2.05, 4.69) is 43.0 Å². The lowest BCUT2D eigenvalue weighted by molar-refractivity contribution is 0.963. The van der Waals surface area contributed by atoms with Crippen molar-refractivity contribution >= 4 is 57.4 Å². The minimum Gasteiger partial charge on any atom is -0.361 e. The second-order valence-corrected chi connectivity index (χ2v) is 8.82. The van der Waals surface area contributed by atoms with Crippen LogP contribution in [0.25, 0.3) is 10.9 Å². The second kappa shape index (κ2) is 10.6. The summed E-state index contributed by atoms with van der Waals surface area (Å²) in [6.45, 7) is 6.37. The minimum absolute atomic E-state index is 0.355. The van der Waals surface area contributed by atoms with Crippen LogP contribution in [0, 0.1) is 20.8 Å². The molecule has 4 N–H and O–H groups in total. The molecule has 0 unspecified atom stereocenters. The van der Waals surface area contributed by atoms with Crippen molar-refractivity contribution in [3.63, 3.8) is 0 Å². The van der Waals surface area contributed by atoms with Crippen LogP contribution in [0.15, 0.2) is 59.7 Å². The van der Waals surface area contributed by atoms with Gasteiger partial charge >= 0.3 is 0 Å². The number of guanidine groups is 1. The lowest BCUT2D eigenvalue weighted by Gasteiger charge is -2.15. The third-order valence-electron chi connectivity index (χ3n) is 5.14. The fourth-order valence-corrected chi connectivity index (χ4v) is 4.10. The topological polar surface area (TPSA) is 90.0 Å². The number of aryl methyl sites for hydroxylation is 3. The van der Waals surface area contributed by atoms with Gasteiger partial charge in [-0.15, -0.1) is 0 Å². The van der Waals surface area contributed by atoms with E-state index in [9.17, 15) is 0 Å². The number of aromatic nitrogens is 3. The first-order chi connectivity index (χ1) is 16.4. The summed E-state index contributed by atoms with van der Waals surface area (Å²) in [6, 6.07) is 15.9. The van der Waals surface area contributed by atoms with E-state index < -0.39 is 0 Å². The smallest absolute Gasteiger partial charge is 0.229 e. The van der Waals surface area contributed by atoms with Gasteiger partial charge in [0.25, 0.3) is 0 Å². The zero-order valence-electron chi connectivity index (χ0n) is 19.2. The Morgan fingerprint density at radius 1 is 1.03 bits per heavy atom. The molecule has 2 aromatic heterocycles. The van der Waals surface area contributed by atoms with E-state index in [4.69, 9.17) is 28.8 Å². The molecule has 2 heterocycles. The van der Waals surface area contributed by atoms with Crippen molar-refractivity contribution < 1.29 is 0 Å². The Bertz CT molecular complexity index is 1340. The van der Waals surface area contributed by atoms with Gasteiger partial charge < -0.3 is 15.6 Å². The average Bonchev–Trinajstić information content (AvgIpc) is 3.18. The van der Waals surface area contributed by atoms with Crippen molar-refractivity contribution in [3.8, 4) is 0 Å². The van der Waals surface area contributed by atoms with E-state index in [-0.39, 0.29) is 0 Å².